The van der Waals surface area contributed by atoms with Crippen molar-refractivity contribution in [1.82, 2.24) is 0 Å². The van der Waals surface area contributed by atoms with Crippen LogP contribution in [0, 0.1) is 5.92 Å². The fourth-order valence-electron chi connectivity index (χ4n) is 1.13. The van der Waals surface area contributed by atoms with Crippen molar-refractivity contribution in [3.8, 4) is 0 Å². The van der Waals surface area contributed by atoms with Crippen molar-refractivity contribution in [3.05, 3.63) is 24.3 Å². The largest absolute Gasteiger partial charge is 0.340 e. The van der Waals surface area contributed by atoms with E-state index in [1.807, 2.05) is 0 Å². The lowest BCUT2D eigenvalue weighted by atomic mass is 10.1. The number of nitrogens with one attached hydrogen (secondary N) is 1. The van der Waals surface area contributed by atoms with Gasteiger partial charge in [-0.15, -0.1) is 0 Å². The summed E-state index contributed by atoms with van der Waals surface area (Å²) in [6.45, 7) is 1.26. The Kier molecular flexibility index (Phi) is 2.69. The second-order valence-corrected chi connectivity index (χ2v) is 3.18. The molecule has 0 saturated heterocycles. The van der Waals surface area contributed by atoms with Gasteiger partial charge in [-0.3, -0.25) is 0 Å². The quantitative estimate of drug-likeness (QED) is 0.571. The lowest BCUT2D eigenvalue weighted by Gasteiger charge is -2.08. The average Bonchev–Trinajstić information content (AvgIpc) is 2.34. The number of hydrogen-bond acceptors (Lipinski definition) is 0. The molecule has 0 radical (unpaired) electrons. The first-order valence-corrected chi connectivity index (χ1v) is 3.93. The molecule has 0 amide bonds. The number of rotatable bonds is 3. The molecule has 0 fully saturated rings. The Labute approximate surface area is 63.0 Å². The molecule has 1 nitrogen and oxygen atoms in total. The van der Waals surface area contributed by atoms with Crippen LogP contribution in [0.1, 0.15) is 6.42 Å². The first-order chi connectivity index (χ1) is 4.79. The standard InChI is InChI=1S/C9H15N/c1-10(2)8-7-9-5-3-4-6-9/h3-6,9H,7-8H2,1-2H3/p+1. The molecule has 0 heterocycles. The molecule has 0 aromatic heterocycles. The Morgan fingerprint density at radius 1 is 1.20 bits per heavy atom. The molecule has 0 bridgehead atoms. The van der Waals surface area contributed by atoms with E-state index in [1.54, 1.807) is 0 Å². The lowest BCUT2D eigenvalue weighted by Crippen LogP contribution is -3.05. The maximum Gasteiger partial charge on any atom is 0.0775 e. The van der Waals surface area contributed by atoms with E-state index in [9.17, 15) is 0 Å². The highest BCUT2D eigenvalue weighted by Gasteiger charge is 2.04. The molecule has 56 valence electrons. The van der Waals surface area contributed by atoms with Crippen molar-refractivity contribution in [3.63, 3.8) is 0 Å². The van der Waals surface area contributed by atoms with Gasteiger partial charge in [0.2, 0.25) is 0 Å². The highest BCUT2D eigenvalue weighted by atomic mass is 15.0. The van der Waals surface area contributed by atoms with Crippen LogP contribution in [-0.4, -0.2) is 20.6 Å². The summed E-state index contributed by atoms with van der Waals surface area (Å²) in [5, 5.41) is 0. The molecule has 0 unspecified atom stereocenters. The summed E-state index contributed by atoms with van der Waals surface area (Å²) >= 11 is 0. The zero-order valence-electron chi connectivity index (χ0n) is 6.80. The van der Waals surface area contributed by atoms with Crippen LogP contribution >= 0.6 is 0 Å². The Morgan fingerprint density at radius 2 is 1.80 bits per heavy atom. The monoisotopic (exact) mass is 138 g/mol. The first-order valence-electron chi connectivity index (χ1n) is 3.93. The van der Waals surface area contributed by atoms with Gasteiger partial charge in [0.05, 0.1) is 20.6 Å². The van der Waals surface area contributed by atoms with Gasteiger partial charge in [0.25, 0.3) is 0 Å². The van der Waals surface area contributed by atoms with Gasteiger partial charge in [-0.25, -0.2) is 0 Å². The van der Waals surface area contributed by atoms with Crippen molar-refractivity contribution in [2.45, 2.75) is 6.42 Å². The molecule has 1 N–H and O–H groups in total. The van der Waals surface area contributed by atoms with Gasteiger partial charge in [-0.2, -0.15) is 0 Å². The van der Waals surface area contributed by atoms with E-state index >= 15 is 0 Å². The second kappa shape index (κ2) is 3.57. The van der Waals surface area contributed by atoms with Crippen molar-refractivity contribution in [1.29, 1.82) is 0 Å². The van der Waals surface area contributed by atoms with Crippen molar-refractivity contribution in [2.24, 2.45) is 5.92 Å². The average molecular weight is 138 g/mol. The third-order valence-electron chi connectivity index (χ3n) is 1.81. The summed E-state index contributed by atoms with van der Waals surface area (Å²) in [5.41, 5.74) is 0. The number of hydrogen-bond donors (Lipinski definition) is 1. The summed E-state index contributed by atoms with van der Waals surface area (Å²) < 4.78 is 0. The molecule has 10 heavy (non-hydrogen) atoms. The van der Waals surface area contributed by atoms with Gasteiger partial charge < -0.3 is 4.90 Å². The Morgan fingerprint density at radius 3 is 2.30 bits per heavy atom. The third-order valence-corrected chi connectivity index (χ3v) is 1.81. The summed E-state index contributed by atoms with van der Waals surface area (Å²) in [4.78, 5) is 1.54. The zero-order chi connectivity index (χ0) is 7.40. The maximum absolute atomic E-state index is 2.27. The normalized spacial score (nSPS) is 17.5. The Bertz CT molecular complexity index is 133. The summed E-state index contributed by atoms with van der Waals surface area (Å²) in [7, 11) is 4.39. The predicted octanol–water partition coefficient (Wildman–Crippen LogP) is 0.263. The predicted molar refractivity (Wildman–Crippen MR) is 44.1 cm³/mol. The fraction of sp³-hybridized carbons (Fsp3) is 0.556. The van der Waals surface area contributed by atoms with Crippen LogP contribution in [0.15, 0.2) is 24.3 Å². The summed E-state index contributed by atoms with van der Waals surface area (Å²) in [6.07, 6.45) is 10.1. The van der Waals surface area contributed by atoms with E-state index in [2.05, 4.69) is 38.4 Å². The highest BCUT2D eigenvalue weighted by Crippen LogP contribution is 2.10. The van der Waals surface area contributed by atoms with Gasteiger partial charge >= 0.3 is 0 Å². The second-order valence-electron chi connectivity index (χ2n) is 3.18. The zero-order valence-corrected chi connectivity index (χ0v) is 6.80. The van der Waals surface area contributed by atoms with Crippen molar-refractivity contribution in [2.75, 3.05) is 20.6 Å². The molecule has 0 aliphatic heterocycles. The van der Waals surface area contributed by atoms with Crippen LogP contribution in [0.4, 0.5) is 0 Å². The summed E-state index contributed by atoms with van der Waals surface area (Å²) in [5.74, 6) is 0.717. The van der Waals surface area contributed by atoms with E-state index in [1.165, 1.54) is 17.9 Å². The Balaban J connectivity index is 2.14. The minimum absolute atomic E-state index is 0.717. The van der Waals surface area contributed by atoms with Crippen LogP contribution in [-0.2, 0) is 0 Å². The molecule has 1 rings (SSSR count). The number of allylic oxidation sites excluding steroid dienone is 4. The van der Waals surface area contributed by atoms with Crippen molar-refractivity contribution >= 4 is 0 Å². The van der Waals surface area contributed by atoms with Gasteiger partial charge in [-0.05, 0) is 0 Å². The van der Waals surface area contributed by atoms with Crippen molar-refractivity contribution < 1.29 is 4.90 Å². The van der Waals surface area contributed by atoms with E-state index in [0.29, 0.717) is 0 Å². The van der Waals surface area contributed by atoms with E-state index in [4.69, 9.17) is 0 Å². The molecule has 1 aliphatic rings. The van der Waals surface area contributed by atoms with Crippen LogP contribution in [0.3, 0.4) is 0 Å². The molecule has 0 spiro atoms. The molecular weight excluding hydrogens is 122 g/mol. The van der Waals surface area contributed by atoms with Crippen LogP contribution in [0.5, 0.6) is 0 Å². The van der Waals surface area contributed by atoms with E-state index in [-0.39, 0.29) is 0 Å². The van der Waals surface area contributed by atoms with Gasteiger partial charge in [0, 0.05) is 12.3 Å². The fourth-order valence-corrected chi connectivity index (χ4v) is 1.13. The Hall–Kier alpha value is -0.560. The van der Waals surface area contributed by atoms with E-state index in [0.717, 1.165) is 5.92 Å². The molecule has 1 heteroatoms. The number of quaternary nitrogens is 1. The minimum atomic E-state index is 0.717. The van der Waals surface area contributed by atoms with Gasteiger partial charge in [-0.1, -0.05) is 24.3 Å². The molecule has 0 aromatic rings. The lowest BCUT2D eigenvalue weighted by molar-refractivity contribution is -0.858. The molecule has 0 aromatic carbocycles. The van der Waals surface area contributed by atoms with E-state index < -0.39 is 0 Å². The topological polar surface area (TPSA) is 4.44 Å². The van der Waals surface area contributed by atoms with Crippen LogP contribution < -0.4 is 4.90 Å². The molecular formula is C9H16N+. The maximum atomic E-state index is 2.27. The SMILES string of the molecule is C[NH+](C)CCC1C=CC=C1. The molecule has 0 saturated carbocycles. The van der Waals surface area contributed by atoms with Gasteiger partial charge in [0.1, 0.15) is 0 Å². The summed E-state index contributed by atoms with van der Waals surface area (Å²) in [6, 6.07) is 0. The first kappa shape index (κ1) is 7.55. The van der Waals surface area contributed by atoms with Gasteiger partial charge in [0.15, 0.2) is 0 Å². The van der Waals surface area contributed by atoms with Crippen LogP contribution in [0.2, 0.25) is 0 Å². The molecule has 1 aliphatic carbocycles. The third kappa shape index (κ3) is 2.36. The molecule has 0 atom stereocenters. The van der Waals surface area contributed by atoms with Crippen LogP contribution in [0.25, 0.3) is 0 Å². The highest BCUT2D eigenvalue weighted by molar-refractivity contribution is 5.17. The minimum Gasteiger partial charge on any atom is -0.340 e. The smallest absolute Gasteiger partial charge is 0.0775 e.